The van der Waals surface area contributed by atoms with Gasteiger partial charge in [0.2, 0.25) is 0 Å². The quantitative estimate of drug-likeness (QED) is 0.744. The van der Waals surface area contributed by atoms with Gasteiger partial charge >= 0.3 is 0 Å². The molecule has 0 spiro atoms. The first-order valence-corrected chi connectivity index (χ1v) is 8.98. The lowest BCUT2D eigenvalue weighted by atomic mass is 10.0. The Balaban J connectivity index is 2.96. The lowest BCUT2D eigenvalue weighted by Gasteiger charge is -2.48. The fourth-order valence-electron chi connectivity index (χ4n) is 3.59. The third-order valence-corrected chi connectivity index (χ3v) is 9.86. The molecule has 16 heavy (non-hydrogen) atoms. The van der Waals surface area contributed by atoms with Gasteiger partial charge in [0.25, 0.3) is 8.48 Å². The van der Waals surface area contributed by atoms with E-state index in [1.165, 1.54) is 25.7 Å². The molecule has 0 radical (unpaired) electrons. The molecular formula is C13H29NOSi. The molecule has 3 heteroatoms. The van der Waals surface area contributed by atoms with Crippen LogP contribution in [0.15, 0.2) is 0 Å². The molecule has 1 N–H and O–H groups in total. The average molecular weight is 243 g/mol. The highest BCUT2D eigenvalue weighted by molar-refractivity contribution is 6.74. The van der Waals surface area contributed by atoms with Gasteiger partial charge in [-0.25, -0.2) is 0 Å². The predicted octanol–water partition coefficient (Wildman–Crippen LogP) is 3.67. The van der Waals surface area contributed by atoms with Crippen molar-refractivity contribution < 1.29 is 4.43 Å². The second-order valence-corrected chi connectivity index (χ2v) is 9.32. The van der Waals surface area contributed by atoms with Crippen LogP contribution in [0.3, 0.4) is 0 Å². The van der Waals surface area contributed by atoms with E-state index in [2.05, 4.69) is 32.7 Å². The summed E-state index contributed by atoms with van der Waals surface area (Å²) in [4.78, 5) is 3.80. The second-order valence-electron chi connectivity index (χ2n) is 5.41. The standard InChI is InChI=1S/C13H29NOSi/c1-6-12-9-8-10-13(11(3)4)16(12,15-5)14-7-2/h11-14H,6-10H2,1-5H3. The molecule has 96 valence electrons. The molecule has 1 rings (SSSR count). The van der Waals surface area contributed by atoms with Crippen LogP contribution in [0.25, 0.3) is 0 Å². The molecule has 0 aromatic rings. The molecule has 1 fully saturated rings. The largest absolute Gasteiger partial charge is 0.406 e. The van der Waals surface area contributed by atoms with Gasteiger partial charge in [0.1, 0.15) is 0 Å². The van der Waals surface area contributed by atoms with Crippen LogP contribution in [0.5, 0.6) is 0 Å². The highest BCUT2D eigenvalue weighted by Crippen LogP contribution is 2.48. The molecule has 0 aromatic carbocycles. The summed E-state index contributed by atoms with van der Waals surface area (Å²) in [5.74, 6) is 0.750. The first kappa shape index (κ1) is 14.2. The third kappa shape index (κ3) is 2.52. The smallest absolute Gasteiger partial charge is 0.274 e. The molecule has 3 unspecified atom stereocenters. The molecule has 0 bridgehead atoms. The summed E-state index contributed by atoms with van der Waals surface area (Å²) in [7, 11) is 0.214. The summed E-state index contributed by atoms with van der Waals surface area (Å²) >= 11 is 0. The van der Waals surface area contributed by atoms with E-state index in [0.717, 1.165) is 23.5 Å². The number of hydrogen-bond donors (Lipinski definition) is 1. The Morgan fingerprint density at radius 3 is 2.44 bits per heavy atom. The number of hydrogen-bond acceptors (Lipinski definition) is 2. The molecule has 1 aliphatic heterocycles. The van der Waals surface area contributed by atoms with E-state index < -0.39 is 8.48 Å². The average Bonchev–Trinajstić information content (AvgIpc) is 2.28. The van der Waals surface area contributed by atoms with Gasteiger partial charge in [-0.05, 0) is 36.4 Å². The topological polar surface area (TPSA) is 21.3 Å². The van der Waals surface area contributed by atoms with Crippen LogP contribution in [-0.4, -0.2) is 22.1 Å². The summed E-state index contributed by atoms with van der Waals surface area (Å²) in [5, 5.41) is 0. The van der Waals surface area contributed by atoms with Crippen LogP contribution in [0.2, 0.25) is 11.1 Å². The summed E-state index contributed by atoms with van der Waals surface area (Å²) in [6.07, 6.45) is 5.40. The molecule has 0 aromatic heterocycles. The van der Waals surface area contributed by atoms with E-state index in [4.69, 9.17) is 4.43 Å². The first-order valence-electron chi connectivity index (χ1n) is 6.92. The van der Waals surface area contributed by atoms with Crippen molar-refractivity contribution in [3.05, 3.63) is 0 Å². The van der Waals surface area contributed by atoms with Gasteiger partial charge in [0.15, 0.2) is 0 Å². The van der Waals surface area contributed by atoms with E-state index >= 15 is 0 Å². The Morgan fingerprint density at radius 2 is 2.00 bits per heavy atom. The highest BCUT2D eigenvalue weighted by Gasteiger charge is 2.51. The van der Waals surface area contributed by atoms with Crippen molar-refractivity contribution in [1.82, 2.24) is 4.98 Å². The van der Waals surface area contributed by atoms with E-state index in [-0.39, 0.29) is 0 Å². The minimum absolute atomic E-state index is 0.750. The van der Waals surface area contributed by atoms with Crippen LogP contribution in [0.4, 0.5) is 0 Å². The zero-order valence-electron chi connectivity index (χ0n) is 11.7. The molecule has 1 aliphatic rings. The van der Waals surface area contributed by atoms with Crippen molar-refractivity contribution in [1.29, 1.82) is 0 Å². The van der Waals surface area contributed by atoms with E-state index in [9.17, 15) is 0 Å². The fraction of sp³-hybridized carbons (Fsp3) is 1.00. The Hall–Kier alpha value is 0.137. The third-order valence-electron chi connectivity index (χ3n) is 4.31. The van der Waals surface area contributed by atoms with Crippen molar-refractivity contribution in [3.8, 4) is 0 Å². The van der Waals surface area contributed by atoms with Crippen molar-refractivity contribution in [2.24, 2.45) is 5.92 Å². The van der Waals surface area contributed by atoms with Crippen molar-refractivity contribution in [2.75, 3.05) is 13.7 Å². The molecule has 0 amide bonds. The summed E-state index contributed by atoms with van der Waals surface area (Å²) in [6.45, 7) is 10.3. The van der Waals surface area contributed by atoms with Gasteiger partial charge in [-0.2, -0.15) is 0 Å². The molecule has 0 saturated carbocycles. The van der Waals surface area contributed by atoms with E-state index in [0.29, 0.717) is 0 Å². The number of rotatable bonds is 5. The van der Waals surface area contributed by atoms with Gasteiger partial charge in [-0.15, -0.1) is 0 Å². The van der Waals surface area contributed by atoms with E-state index in [1.807, 2.05) is 7.11 Å². The van der Waals surface area contributed by atoms with Gasteiger partial charge in [-0.1, -0.05) is 40.5 Å². The molecule has 1 saturated heterocycles. The van der Waals surface area contributed by atoms with Gasteiger partial charge in [-0.3, -0.25) is 0 Å². The van der Waals surface area contributed by atoms with Crippen molar-refractivity contribution >= 4 is 8.48 Å². The highest BCUT2D eigenvalue weighted by atomic mass is 28.4. The molecule has 2 nitrogen and oxygen atoms in total. The monoisotopic (exact) mass is 243 g/mol. The lowest BCUT2D eigenvalue weighted by Crippen LogP contribution is -2.62. The fourth-order valence-corrected chi connectivity index (χ4v) is 8.95. The summed E-state index contributed by atoms with van der Waals surface area (Å²) in [5.41, 5.74) is 1.59. The van der Waals surface area contributed by atoms with Gasteiger partial charge < -0.3 is 9.41 Å². The molecule has 1 heterocycles. The van der Waals surface area contributed by atoms with Crippen LogP contribution >= 0.6 is 0 Å². The molecular weight excluding hydrogens is 214 g/mol. The van der Waals surface area contributed by atoms with Crippen molar-refractivity contribution in [2.45, 2.75) is 64.5 Å². The molecule has 0 aliphatic carbocycles. The zero-order valence-corrected chi connectivity index (χ0v) is 12.7. The Labute approximate surface area is 102 Å². The maximum absolute atomic E-state index is 6.12. The van der Waals surface area contributed by atoms with Crippen LogP contribution < -0.4 is 4.98 Å². The SMILES string of the molecule is CCN[Si]1(OC)C(CC)CCCC1C(C)C. The molecule has 3 atom stereocenters. The normalized spacial score (nSPS) is 35.6. The van der Waals surface area contributed by atoms with Gasteiger partial charge in [0.05, 0.1) is 0 Å². The Morgan fingerprint density at radius 1 is 1.31 bits per heavy atom. The zero-order chi connectivity index (χ0) is 12.2. The van der Waals surface area contributed by atoms with Crippen LogP contribution in [0, 0.1) is 5.92 Å². The van der Waals surface area contributed by atoms with Crippen LogP contribution in [-0.2, 0) is 4.43 Å². The minimum atomic E-state index is -1.73. The van der Waals surface area contributed by atoms with Crippen LogP contribution in [0.1, 0.15) is 53.4 Å². The minimum Gasteiger partial charge on any atom is -0.406 e. The Bertz CT molecular complexity index is 210. The first-order chi connectivity index (χ1) is 7.62. The second kappa shape index (κ2) is 6.17. The van der Waals surface area contributed by atoms with Gasteiger partial charge in [0, 0.05) is 7.11 Å². The Kier molecular flexibility index (Phi) is 5.48. The van der Waals surface area contributed by atoms with E-state index in [1.54, 1.807) is 0 Å². The number of nitrogens with one attached hydrogen (secondary N) is 1. The summed E-state index contributed by atoms with van der Waals surface area (Å²) < 4.78 is 6.12. The predicted molar refractivity (Wildman–Crippen MR) is 72.9 cm³/mol. The summed E-state index contributed by atoms with van der Waals surface area (Å²) in [6, 6.07) is 0. The lowest BCUT2D eigenvalue weighted by molar-refractivity contribution is 0.294. The van der Waals surface area contributed by atoms with Crippen molar-refractivity contribution in [3.63, 3.8) is 0 Å². The maximum atomic E-state index is 6.12. The maximum Gasteiger partial charge on any atom is 0.274 e.